The van der Waals surface area contributed by atoms with Gasteiger partial charge in [0, 0.05) is 12.4 Å². The Kier molecular flexibility index (Phi) is 17.0. The summed E-state index contributed by atoms with van der Waals surface area (Å²) in [5.41, 5.74) is 1.02. The molecule has 2 N–H and O–H groups in total. The van der Waals surface area contributed by atoms with E-state index in [1.54, 1.807) is 24.5 Å². The van der Waals surface area contributed by atoms with Crippen molar-refractivity contribution in [2.75, 3.05) is 0 Å². The molecule has 0 saturated carbocycles. The van der Waals surface area contributed by atoms with Crippen molar-refractivity contribution in [1.82, 2.24) is 19.1 Å². The fourth-order valence-electron chi connectivity index (χ4n) is 12.9. The van der Waals surface area contributed by atoms with E-state index in [2.05, 4.69) is 192 Å². The van der Waals surface area contributed by atoms with Crippen LogP contribution in [0.1, 0.15) is 83.6 Å². The maximum Gasteiger partial charge on any atom is 0.534 e. The summed E-state index contributed by atoms with van der Waals surface area (Å²) in [5.74, 6) is -0.969. The average Bonchev–Trinajstić information content (AvgIpc) is 1.41. The van der Waals surface area contributed by atoms with Crippen LogP contribution < -0.4 is 4.18 Å². The number of benzene rings is 11. The van der Waals surface area contributed by atoms with Crippen molar-refractivity contribution >= 4 is 31.7 Å². The molecule has 2 heterocycles. The molecular weight excluding hydrogens is 1170 g/mol. The van der Waals surface area contributed by atoms with Gasteiger partial charge in [-0.15, -0.1) is 0 Å². The Morgan fingerprint density at radius 2 is 0.674 bits per heavy atom. The second kappa shape index (κ2) is 25.2. The molecule has 13 aromatic rings. The highest BCUT2D eigenvalue weighted by Crippen LogP contribution is 2.46. The third-order valence-electron chi connectivity index (χ3n) is 17.7. The van der Waals surface area contributed by atoms with Crippen LogP contribution in [0.3, 0.4) is 0 Å². The van der Waals surface area contributed by atoms with Crippen molar-refractivity contribution in [3.8, 4) is 16.9 Å². The monoisotopic (exact) mass is 1240 g/mol. The van der Waals surface area contributed by atoms with Crippen molar-refractivity contribution in [3.63, 3.8) is 0 Å². The first-order chi connectivity index (χ1) is 44.4. The molecule has 0 bridgehead atoms. The van der Waals surface area contributed by atoms with Crippen molar-refractivity contribution < 1.29 is 36.0 Å². The molecule has 0 amide bonds. The maximum atomic E-state index is 12.9. The van der Waals surface area contributed by atoms with Gasteiger partial charge >= 0.3 is 15.6 Å². The van der Waals surface area contributed by atoms with Crippen LogP contribution in [-0.2, 0) is 32.4 Å². The lowest BCUT2D eigenvalue weighted by Crippen LogP contribution is -2.37. The largest absolute Gasteiger partial charge is 0.534 e. The predicted molar refractivity (Wildman–Crippen MR) is 358 cm³/mol. The summed E-state index contributed by atoms with van der Waals surface area (Å²) in [6.07, 6.45) is 7.50. The highest BCUT2D eigenvalue weighted by molar-refractivity contribution is 7.88. The van der Waals surface area contributed by atoms with E-state index in [-0.39, 0.29) is 11.8 Å². The molecule has 0 aliphatic rings. The second-order valence-corrected chi connectivity index (χ2v) is 25.2. The van der Waals surface area contributed by atoms with Gasteiger partial charge in [0.2, 0.25) is 0 Å². The number of aliphatic hydroxyl groups is 2. The van der Waals surface area contributed by atoms with Gasteiger partial charge in [0.15, 0.2) is 0 Å². The molecule has 0 saturated heterocycles. The number of hydrogen-bond acceptors (Lipinski definition) is 7. The number of imidazole rings is 2. The zero-order valence-corrected chi connectivity index (χ0v) is 51.9. The number of alkyl halides is 3. The Morgan fingerprint density at radius 1 is 0.370 bits per heavy atom. The molecule has 9 nitrogen and oxygen atoms in total. The van der Waals surface area contributed by atoms with Crippen molar-refractivity contribution in [2.45, 2.75) is 55.5 Å². The molecule has 2 atom stereocenters. The number of halogens is 3. The number of nitrogens with zero attached hydrogens (tertiary/aromatic N) is 4. The van der Waals surface area contributed by atoms with E-state index in [0.29, 0.717) is 27.7 Å². The molecule has 0 aliphatic heterocycles. The standard InChI is InChI=1S/C42H36N2O.C37H31F3N2O4S/c1-31(2)42(45,39-26-25-34-27-33(23-24-35(34)28-39)32-15-7-3-8-16-32)40-29-44(30-43-40)41(36-17-9-4-10-18-36,37-19-11-5-12-20-37)38-21-13-6-14-22-38;1-26(2)36(43,32-20-18-28-23-33(21-19-27(28)22-32)46-47(44,45)37(38,39)40)34-24-42(25-41-34)35(29-12-6-3-7-13-29,30-14-8-4-9-15-30)31-16-10-5-11-17-31/h3-31,45H,1-2H3;3-26,43H,1-2H3. The minimum Gasteiger partial charge on any atom is -0.378 e. The fourth-order valence-corrected chi connectivity index (χ4v) is 13.4. The van der Waals surface area contributed by atoms with Crippen LogP contribution in [0.15, 0.2) is 310 Å². The average molecular weight is 1240 g/mol. The molecule has 92 heavy (non-hydrogen) atoms. The van der Waals surface area contributed by atoms with Crippen LogP contribution in [0.4, 0.5) is 13.2 Å². The SMILES string of the molecule is CC(C)C(O)(c1ccc2cc(-c3ccccc3)ccc2c1)c1cn(C(c2ccccc2)(c2ccccc2)c2ccccc2)cn1.CC(C)C(O)(c1ccc2cc(OS(=O)(=O)C(F)(F)F)ccc2c1)c1cn(C(c2ccccc2)(c2ccccc2)c2ccccc2)cn1. The highest BCUT2D eigenvalue weighted by atomic mass is 32.2. The van der Waals surface area contributed by atoms with E-state index in [1.807, 2.05) is 116 Å². The van der Waals surface area contributed by atoms with E-state index in [1.165, 1.54) is 23.3 Å². The first-order valence-electron chi connectivity index (χ1n) is 30.4. The minimum atomic E-state index is -5.82. The molecule has 11 aromatic carbocycles. The van der Waals surface area contributed by atoms with Gasteiger partial charge in [0.1, 0.15) is 28.0 Å². The number of fused-ring (bicyclic) bond motifs is 2. The normalized spacial score (nSPS) is 13.5. The summed E-state index contributed by atoms with van der Waals surface area (Å²) in [4.78, 5) is 9.78. The van der Waals surface area contributed by atoms with Crippen molar-refractivity contribution in [1.29, 1.82) is 0 Å². The van der Waals surface area contributed by atoms with Crippen LogP contribution in [-0.4, -0.2) is 43.2 Å². The van der Waals surface area contributed by atoms with Gasteiger partial charge in [-0.1, -0.05) is 282 Å². The lowest BCUT2D eigenvalue weighted by Gasteiger charge is -2.37. The molecule has 0 fully saturated rings. The Labute approximate surface area is 534 Å². The third-order valence-corrected chi connectivity index (χ3v) is 18.6. The van der Waals surface area contributed by atoms with Crippen LogP contribution in [0.25, 0.3) is 32.7 Å². The van der Waals surface area contributed by atoms with Crippen LogP contribution in [0.2, 0.25) is 0 Å². The van der Waals surface area contributed by atoms with Gasteiger partial charge in [-0.25, -0.2) is 9.97 Å². The third kappa shape index (κ3) is 11.3. The summed E-state index contributed by atoms with van der Waals surface area (Å²) < 4.78 is 70.2. The van der Waals surface area contributed by atoms with Gasteiger partial charge in [-0.2, -0.15) is 21.6 Å². The molecule has 0 radical (unpaired) electrons. The molecule has 0 aliphatic carbocycles. The van der Waals surface area contributed by atoms with Crippen molar-refractivity contribution in [2.24, 2.45) is 11.8 Å². The Hall–Kier alpha value is -10.2. The molecule has 460 valence electrons. The fraction of sp³-hybridized carbons (Fsp3) is 0.139. The smallest absolute Gasteiger partial charge is 0.378 e. The number of rotatable bonds is 17. The summed E-state index contributed by atoms with van der Waals surface area (Å²) in [5, 5.41) is 28.3. The molecule has 13 rings (SSSR count). The Balaban J connectivity index is 0.000000178. The summed E-state index contributed by atoms with van der Waals surface area (Å²) >= 11 is 0. The summed E-state index contributed by atoms with van der Waals surface area (Å²) in [6, 6.07) is 93.8. The van der Waals surface area contributed by atoms with Crippen molar-refractivity contribution in [3.05, 3.63) is 366 Å². The van der Waals surface area contributed by atoms with Gasteiger partial charge < -0.3 is 23.5 Å². The highest BCUT2D eigenvalue weighted by Gasteiger charge is 2.49. The lowest BCUT2D eigenvalue weighted by molar-refractivity contribution is -0.0500. The van der Waals surface area contributed by atoms with Crippen LogP contribution in [0, 0.1) is 11.8 Å². The lowest BCUT2D eigenvalue weighted by atomic mass is 9.76. The zero-order valence-electron chi connectivity index (χ0n) is 51.0. The molecule has 0 spiro atoms. The second-order valence-electron chi connectivity index (χ2n) is 23.6. The predicted octanol–water partition coefficient (Wildman–Crippen LogP) is 17.4. The molecule has 2 aromatic heterocycles. The van der Waals surface area contributed by atoms with Crippen LogP contribution in [0.5, 0.6) is 5.75 Å². The number of hydrogen-bond donors (Lipinski definition) is 2. The van der Waals surface area contributed by atoms with Gasteiger partial charge in [0.25, 0.3) is 0 Å². The van der Waals surface area contributed by atoms with Crippen LogP contribution >= 0.6 is 0 Å². The van der Waals surface area contributed by atoms with E-state index in [9.17, 15) is 31.8 Å². The zero-order chi connectivity index (χ0) is 64.3. The van der Waals surface area contributed by atoms with E-state index in [0.717, 1.165) is 55.8 Å². The summed E-state index contributed by atoms with van der Waals surface area (Å²) in [7, 11) is -5.82. The minimum absolute atomic E-state index is 0.138. The van der Waals surface area contributed by atoms with E-state index in [4.69, 9.17) is 9.97 Å². The summed E-state index contributed by atoms with van der Waals surface area (Å²) in [6.45, 7) is 7.86. The molecule has 2 unspecified atom stereocenters. The van der Waals surface area contributed by atoms with E-state index >= 15 is 0 Å². The maximum absolute atomic E-state index is 12.9. The number of aromatic nitrogens is 4. The Morgan fingerprint density at radius 3 is 1.01 bits per heavy atom. The quantitative estimate of drug-likeness (QED) is 0.0529. The molecule has 13 heteroatoms. The van der Waals surface area contributed by atoms with E-state index < -0.39 is 43.7 Å². The first kappa shape index (κ1) is 62.0. The molecular formula is C79H67F3N4O5S. The Bertz CT molecular complexity index is 4570. The van der Waals surface area contributed by atoms with Gasteiger partial charge in [-0.05, 0) is 119 Å². The topological polar surface area (TPSA) is 119 Å². The van der Waals surface area contributed by atoms with Gasteiger partial charge in [-0.3, -0.25) is 0 Å². The first-order valence-corrected chi connectivity index (χ1v) is 31.8. The van der Waals surface area contributed by atoms with Gasteiger partial charge in [0.05, 0.1) is 24.0 Å².